The number of nitrogens with one attached hydrogen (secondary N) is 2. The van der Waals surface area contributed by atoms with E-state index in [4.69, 9.17) is 0 Å². The summed E-state index contributed by atoms with van der Waals surface area (Å²) in [5, 5.41) is 6.31. The van der Waals surface area contributed by atoms with Crippen molar-refractivity contribution >= 4 is 23.5 Å². The summed E-state index contributed by atoms with van der Waals surface area (Å²) in [6.07, 6.45) is 4.99. The predicted octanol–water partition coefficient (Wildman–Crippen LogP) is 3.34. The van der Waals surface area contributed by atoms with Crippen molar-refractivity contribution in [1.29, 1.82) is 0 Å². The summed E-state index contributed by atoms with van der Waals surface area (Å²) >= 11 is 1.73. The number of thioether (sulfide) groups is 1. The quantitative estimate of drug-likeness (QED) is 0.734. The molecule has 0 bridgehead atoms. The molecule has 1 amide bonds. The van der Waals surface area contributed by atoms with Crippen molar-refractivity contribution in [2.24, 2.45) is 0 Å². The van der Waals surface area contributed by atoms with Gasteiger partial charge in [-0.15, -0.1) is 0 Å². The fourth-order valence-electron chi connectivity index (χ4n) is 2.05. The number of aryl methyl sites for hydroxylation is 1. The second-order valence-corrected chi connectivity index (χ2v) is 6.15. The molecule has 0 saturated carbocycles. The van der Waals surface area contributed by atoms with E-state index in [2.05, 4.69) is 29.5 Å². The zero-order valence-corrected chi connectivity index (χ0v) is 14.3. The predicted molar refractivity (Wildman–Crippen MR) is 92.3 cm³/mol. The van der Waals surface area contributed by atoms with Gasteiger partial charge in [0.25, 0.3) is 5.91 Å². The molecule has 0 aliphatic carbocycles. The van der Waals surface area contributed by atoms with Gasteiger partial charge >= 0.3 is 0 Å². The van der Waals surface area contributed by atoms with Crippen molar-refractivity contribution in [3.63, 3.8) is 0 Å². The summed E-state index contributed by atoms with van der Waals surface area (Å²) in [5.74, 6) is 1.70. The number of hydrogen-bond acceptors (Lipinski definition) is 4. The molecule has 2 N–H and O–H groups in total. The van der Waals surface area contributed by atoms with Crippen LogP contribution in [-0.2, 0) is 6.42 Å². The third kappa shape index (κ3) is 6.38. The maximum absolute atomic E-state index is 12.3. The van der Waals surface area contributed by atoms with Gasteiger partial charge in [-0.05, 0) is 38.2 Å². The first-order valence-electron chi connectivity index (χ1n) is 7.65. The van der Waals surface area contributed by atoms with Crippen LogP contribution in [0.1, 0.15) is 49.7 Å². The number of anilines is 1. The number of rotatable bonds is 9. The van der Waals surface area contributed by atoms with Gasteiger partial charge in [-0.25, -0.2) is 4.98 Å². The molecule has 1 heterocycles. The molecule has 21 heavy (non-hydrogen) atoms. The molecular formula is C16H27N3OS. The molecule has 0 radical (unpaired) electrons. The van der Waals surface area contributed by atoms with Crippen LogP contribution in [0.2, 0.25) is 0 Å². The van der Waals surface area contributed by atoms with Gasteiger partial charge in [0.2, 0.25) is 0 Å². The third-order valence-corrected chi connectivity index (χ3v) is 3.83. The van der Waals surface area contributed by atoms with Crippen LogP contribution in [0, 0.1) is 0 Å². The molecule has 4 nitrogen and oxygen atoms in total. The Hall–Kier alpha value is -1.23. The standard InChI is InChI=1S/C16H27N3OS/c1-5-7-14-9-13(10-15(19-14)17-8-6-2)16(20)18-12(3)11-21-4/h9-10,12H,5-8,11H2,1-4H3,(H,17,19)(H,18,20). The van der Waals surface area contributed by atoms with Gasteiger partial charge in [0, 0.05) is 29.6 Å². The minimum absolute atomic E-state index is 0.0177. The fraction of sp³-hybridized carbons (Fsp3) is 0.625. The van der Waals surface area contributed by atoms with Crippen molar-refractivity contribution in [1.82, 2.24) is 10.3 Å². The lowest BCUT2D eigenvalue weighted by Gasteiger charge is -2.14. The highest BCUT2D eigenvalue weighted by Gasteiger charge is 2.12. The molecule has 1 aromatic heterocycles. The van der Waals surface area contributed by atoms with Gasteiger partial charge in [-0.1, -0.05) is 20.3 Å². The van der Waals surface area contributed by atoms with Crippen molar-refractivity contribution in [2.45, 2.75) is 46.1 Å². The highest BCUT2D eigenvalue weighted by molar-refractivity contribution is 7.98. The van der Waals surface area contributed by atoms with Crippen LogP contribution in [0.15, 0.2) is 12.1 Å². The summed E-state index contributed by atoms with van der Waals surface area (Å²) in [6, 6.07) is 3.92. The summed E-state index contributed by atoms with van der Waals surface area (Å²) in [4.78, 5) is 16.9. The number of carbonyl (C=O) groups excluding carboxylic acids is 1. The smallest absolute Gasteiger partial charge is 0.251 e. The van der Waals surface area contributed by atoms with E-state index >= 15 is 0 Å². The highest BCUT2D eigenvalue weighted by atomic mass is 32.2. The van der Waals surface area contributed by atoms with Crippen LogP contribution < -0.4 is 10.6 Å². The number of amides is 1. The fourth-order valence-corrected chi connectivity index (χ4v) is 2.63. The summed E-state index contributed by atoms with van der Waals surface area (Å²) in [7, 11) is 0. The maximum Gasteiger partial charge on any atom is 0.251 e. The Balaban J connectivity index is 2.87. The summed E-state index contributed by atoms with van der Waals surface area (Å²) in [5.41, 5.74) is 1.67. The van der Waals surface area contributed by atoms with Gasteiger partial charge < -0.3 is 10.6 Å². The zero-order chi connectivity index (χ0) is 15.7. The third-order valence-electron chi connectivity index (χ3n) is 3.00. The Kier molecular flexibility index (Phi) is 8.20. The summed E-state index contributed by atoms with van der Waals surface area (Å²) in [6.45, 7) is 7.13. The Labute approximate surface area is 132 Å². The van der Waals surface area contributed by atoms with Gasteiger partial charge in [0.15, 0.2) is 0 Å². The molecule has 1 atom stereocenters. The Morgan fingerprint density at radius 2 is 2.10 bits per heavy atom. The summed E-state index contributed by atoms with van der Waals surface area (Å²) < 4.78 is 0. The highest BCUT2D eigenvalue weighted by Crippen LogP contribution is 2.13. The largest absolute Gasteiger partial charge is 0.370 e. The van der Waals surface area contributed by atoms with Crippen LogP contribution in [0.5, 0.6) is 0 Å². The minimum Gasteiger partial charge on any atom is -0.370 e. The molecule has 1 unspecified atom stereocenters. The molecule has 0 aliphatic heterocycles. The lowest BCUT2D eigenvalue weighted by atomic mass is 10.1. The van der Waals surface area contributed by atoms with Gasteiger partial charge in [0.1, 0.15) is 5.82 Å². The van der Waals surface area contributed by atoms with Crippen LogP contribution in [0.4, 0.5) is 5.82 Å². The first-order chi connectivity index (χ1) is 10.1. The zero-order valence-electron chi connectivity index (χ0n) is 13.5. The molecule has 0 aromatic carbocycles. The second-order valence-electron chi connectivity index (χ2n) is 5.24. The van der Waals surface area contributed by atoms with Crippen LogP contribution in [0.25, 0.3) is 0 Å². The Bertz CT molecular complexity index is 451. The Morgan fingerprint density at radius 3 is 2.71 bits per heavy atom. The number of carbonyl (C=O) groups is 1. The van der Waals surface area contributed by atoms with Gasteiger partial charge in [0.05, 0.1) is 0 Å². The number of nitrogens with zero attached hydrogens (tertiary/aromatic N) is 1. The SMILES string of the molecule is CCCNc1cc(C(=O)NC(C)CSC)cc(CCC)n1. The van der Waals surface area contributed by atoms with Crippen LogP contribution >= 0.6 is 11.8 Å². The second kappa shape index (κ2) is 9.66. The van der Waals surface area contributed by atoms with Crippen LogP contribution in [-0.4, -0.2) is 35.5 Å². The van der Waals surface area contributed by atoms with E-state index in [1.54, 1.807) is 11.8 Å². The number of aromatic nitrogens is 1. The maximum atomic E-state index is 12.3. The molecule has 0 spiro atoms. The van der Waals surface area contributed by atoms with Crippen molar-refractivity contribution in [3.8, 4) is 0 Å². The monoisotopic (exact) mass is 309 g/mol. The van der Waals surface area contributed by atoms with Gasteiger partial charge in [-0.3, -0.25) is 4.79 Å². The molecule has 118 valence electrons. The minimum atomic E-state index is -0.0177. The molecule has 0 aliphatic rings. The van der Waals surface area contributed by atoms with Crippen molar-refractivity contribution < 1.29 is 4.79 Å². The molecule has 1 rings (SSSR count). The lowest BCUT2D eigenvalue weighted by Crippen LogP contribution is -2.34. The van der Waals surface area contributed by atoms with E-state index < -0.39 is 0 Å². The molecule has 5 heteroatoms. The average Bonchev–Trinajstić information content (AvgIpc) is 2.45. The number of pyridine rings is 1. The van der Waals surface area contributed by atoms with Gasteiger partial charge in [-0.2, -0.15) is 11.8 Å². The average molecular weight is 309 g/mol. The Morgan fingerprint density at radius 1 is 1.33 bits per heavy atom. The topological polar surface area (TPSA) is 54.0 Å². The molecule has 0 fully saturated rings. The lowest BCUT2D eigenvalue weighted by molar-refractivity contribution is 0.0943. The molecule has 0 saturated heterocycles. The van der Waals surface area contributed by atoms with Crippen molar-refractivity contribution in [2.75, 3.05) is 23.9 Å². The first kappa shape index (κ1) is 17.8. The van der Waals surface area contributed by atoms with E-state index in [-0.39, 0.29) is 11.9 Å². The van der Waals surface area contributed by atoms with E-state index in [1.807, 2.05) is 25.3 Å². The van der Waals surface area contributed by atoms with E-state index in [9.17, 15) is 4.79 Å². The van der Waals surface area contributed by atoms with E-state index in [1.165, 1.54) is 0 Å². The van der Waals surface area contributed by atoms with E-state index in [0.29, 0.717) is 5.56 Å². The number of hydrogen-bond donors (Lipinski definition) is 2. The van der Waals surface area contributed by atoms with E-state index in [0.717, 1.165) is 43.1 Å². The first-order valence-corrected chi connectivity index (χ1v) is 9.04. The van der Waals surface area contributed by atoms with Crippen LogP contribution in [0.3, 0.4) is 0 Å². The molecular weight excluding hydrogens is 282 g/mol. The molecule has 1 aromatic rings. The normalized spacial score (nSPS) is 12.0. The van der Waals surface area contributed by atoms with Crippen molar-refractivity contribution in [3.05, 3.63) is 23.4 Å².